The molecule has 3 aromatic rings. The van der Waals surface area contributed by atoms with Crippen LogP contribution in [0.1, 0.15) is 5.69 Å². The van der Waals surface area contributed by atoms with Crippen molar-refractivity contribution in [1.82, 2.24) is 14.8 Å². The first-order chi connectivity index (χ1) is 12.3. The Balaban J connectivity index is 1.45. The van der Waals surface area contributed by atoms with Crippen LogP contribution in [0.25, 0.3) is 0 Å². The van der Waals surface area contributed by atoms with Crippen molar-refractivity contribution in [2.75, 3.05) is 11.9 Å². The summed E-state index contributed by atoms with van der Waals surface area (Å²) in [4.78, 5) is 16.8. The SMILES string of the molecule is O=C(Nc1ccnn1Cc1ccccn1)C1COc2ccccc2O1. The topological polar surface area (TPSA) is 78.3 Å². The molecule has 0 spiro atoms. The highest BCUT2D eigenvalue weighted by atomic mass is 16.6. The smallest absolute Gasteiger partial charge is 0.270 e. The molecule has 1 aliphatic rings. The molecule has 7 nitrogen and oxygen atoms in total. The van der Waals surface area contributed by atoms with Crippen molar-refractivity contribution in [2.45, 2.75) is 12.6 Å². The fourth-order valence-corrected chi connectivity index (χ4v) is 2.57. The van der Waals surface area contributed by atoms with Crippen molar-refractivity contribution in [2.24, 2.45) is 0 Å². The van der Waals surface area contributed by atoms with Crippen molar-refractivity contribution in [1.29, 1.82) is 0 Å². The molecule has 2 aromatic heterocycles. The van der Waals surface area contributed by atoms with E-state index in [1.807, 2.05) is 36.4 Å². The largest absolute Gasteiger partial charge is 0.485 e. The number of fused-ring (bicyclic) bond motifs is 1. The number of para-hydroxylation sites is 2. The van der Waals surface area contributed by atoms with Crippen LogP contribution in [0.5, 0.6) is 11.5 Å². The van der Waals surface area contributed by atoms with E-state index in [2.05, 4.69) is 15.4 Å². The zero-order valence-electron chi connectivity index (χ0n) is 13.3. The number of nitrogens with zero attached hydrogens (tertiary/aromatic N) is 3. The van der Waals surface area contributed by atoms with Crippen LogP contribution in [0.3, 0.4) is 0 Å². The lowest BCUT2D eigenvalue weighted by Crippen LogP contribution is -2.40. The summed E-state index contributed by atoms with van der Waals surface area (Å²) < 4.78 is 13.0. The van der Waals surface area contributed by atoms with Crippen LogP contribution in [0.2, 0.25) is 0 Å². The summed E-state index contributed by atoms with van der Waals surface area (Å²) in [6.45, 7) is 0.630. The van der Waals surface area contributed by atoms with E-state index in [1.54, 1.807) is 29.2 Å². The van der Waals surface area contributed by atoms with Gasteiger partial charge in [-0.3, -0.25) is 9.78 Å². The monoisotopic (exact) mass is 336 g/mol. The molecule has 1 atom stereocenters. The van der Waals surface area contributed by atoms with Gasteiger partial charge in [0.15, 0.2) is 11.5 Å². The van der Waals surface area contributed by atoms with Gasteiger partial charge in [0, 0.05) is 12.3 Å². The third-order valence-electron chi connectivity index (χ3n) is 3.81. The average molecular weight is 336 g/mol. The molecule has 0 bridgehead atoms. The van der Waals surface area contributed by atoms with Crippen LogP contribution in [-0.4, -0.2) is 33.4 Å². The molecule has 1 N–H and O–H groups in total. The van der Waals surface area contributed by atoms with Crippen LogP contribution in [-0.2, 0) is 11.3 Å². The molecule has 126 valence electrons. The second kappa shape index (κ2) is 6.64. The number of hydrogen-bond donors (Lipinski definition) is 1. The highest BCUT2D eigenvalue weighted by molar-refractivity contribution is 5.94. The standard InChI is InChI=1S/C18H16N4O3/c23-18(16-12-24-14-6-1-2-7-15(14)25-16)21-17-8-10-20-22(17)11-13-5-3-4-9-19-13/h1-10,16H,11-12H2,(H,21,23). The molecule has 0 fully saturated rings. The van der Waals surface area contributed by atoms with Crippen LogP contribution in [0, 0.1) is 0 Å². The van der Waals surface area contributed by atoms with Gasteiger partial charge in [-0.25, -0.2) is 4.68 Å². The van der Waals surface area contributed by atoms with Gasteiger partial charge in [0.25, 0.3) is 5.91 Å². The summed E-state index contributed by atoms with van der Waals surface area (Å²) in [5.74, 6) is 1.51. The van der Waals surface area contributed by atoms with E-state index in [0.29, 0.717) is 23.9 Å². The summed E-state index contributed by atoms with van der Waals surface area (Å²) in [6, 6.07) is 14.7. The van der Waals surface area contributed by atoms with Crippen LogP contribution in [0.15, 0.2) is 60.9 Å². The van der Waals surface area contributed by atoms with E-state index in [-0.39, 0.29) is 12.5 Å². The molecular weight excluding hydrogens is 320 g/mol. The van der Waals surface area contributed by atoms with Gasteiger partial charge in [-0.05, 0) is 24.3 Å². The van der Waals surface area contributed by atoms with Gasteiger partial charge in [-0.15, -0.1) is 0 Å². The first kappa shape index (κ1) is 15.2. The highest BCUT2D eigenvalue weighted by Crippen LogP contribution is 2.31. The van der Waals surface area contributed by atoms with Crippen LogP contribution in [0.4, 0.5) is 5.82 Å². The molecule has 1 aliphatic heterocycles. The van der Waals surface area contributed by atoms with Gasteiger partial charge in [0.1, 0.15) is 12.4 Å². The normalized spacial score (nSPS) is 15.6. The molecule has 7 heteroatoms. The molecule has 0 saturated heterocycles. The quantitative estimate of drug-likeness (QED) is 0.789. The first-order valence-electron chi connectivity index (χ1n) is 7.91. The predicted octanol–water partition coefficient (Wildman–Crippen LogP) is 2.10. The number of benzene rings is 1. The number of aromatic nitrogens is 3. The maximum atomic E-state index is 12.5. The van der Waals surface area contributed by atoms with Gasteiger partial charge < -0.3 is 14.8 Å². The molecule has 1 amide bonds. The molecule has 0 radical (unpaired) electrons. The zero-order chi connectivity index (χ0) is 17.1. The highest BCUT2D eigenvalue weighted by Gasteiger charge is 2.27. The number of pyridine rings is 1. The summed E-state index contributed by atoms with van der Waals surface area (Å²) in [6.07, 6.45) is 2.64. The average Bonchev–Trinajstić information content (AvgIpc) is 3.08. The van der Waals surface area contributed by atoms with Crippen molar-refractivity contribution in [3.05, 3.63) is 66.6 Å². The molecular formula is C18H16N4O3. The Morgan fingerprint density at radius 3 is 2.80 bits per heavy atom. The zero-order valence-corrected chi connectivity index (χ0v) is 13.3. The number of rotatable bonds is 4. The van der Waals surface area contributed by atoms with E-state index < -0.39 is 6.10 Å². The molecule has 1 unspecified atom stereocenters. The third-order valence-corrected chi connectivity index (χ3v) is 3.81. The Morgan fingerprint density at radius 2 is 1.96 bits per heavy atom. The van der Waals surface area contributed by atoms with Crippen molar-refractivity contribution >= 4 is 11.7 Å². The summed E-state index contributed by atoms with van der Waals surface area (Å²) in [5.41, 5.74) is 0.855. The fourth-order valence-electron chi connectivity index (χ4n) is 2.57. The second-order valence-corrected chi connectivity index (χ2v) is 5.55. The number of carbonyl (C=O) groups is 1. The maximum Gasteiger partial charge on any atom is 0.270 e. The summed E-state index contributed by atoms with van der Waals surface area (Å²) >= 11 is 0. The van der Waals surface area contributed by atoms with Gasteiger partial charge in [-0.1, -0.05) is 18.2 Å². The van der Waals surface area contributed by atoms with E-state index in [0.717, 1.165) is 5.69 Å². The van der Waals surface area contributed by atoms with Crippen LogP contribution >= 0.6 is 0 Å². The van der Waals surface area contributed by atoms with Crippen molar-refractivity contribution < 1.29 is 14.3 Å². The minimum Gasteiger partial charge on any atom is -0.485 e. The molecule has 1 aromatic carbocycles. The Morgan fingerprint density at radius 1 is 1.12 bits per heavy atom. The predicted molar refractivity (Wildman–Crippen MR) is 90.5 cm³/mol. The fraction of sp³-hybridized carbons (Fsp3) is 0.167. The molecule has 25 heavy (non-hydrogen) atoms. The number of amides is 1. The Kier molecular flexibility index (Phi) is 4.04. The maximum absolute atomic E-state index is 12.5. The summed E-state index contributed by atoms with van der Waals surface area (Å²) in [5, 5.41) is 7.08. The summed E-state index contributed by atoms with van der Waals surface area (Å²) in [7, 11) is 0. The van der Waals surface area contributed by atoms with Crippen molar-refractivity contribution in [3.8, 4) is 11.5 Å². The lowest BCUT2D eigenvalue weighted by molar-refractivity contribution is -0.125. The van der Waals surface area contributed by atoms with Gasteiger partial charge in [0.05, 0.1) is 18.4 Å². The van der Waals surface area contributed by atoms with E-state index in [1.165, 1.54) is 0 Å². The van der Waals surface area contributed by atoms with Gasteiger partial charge >= 0.3 is 0 Å². The second-order valence-electron chi connectivity index (χ2n) is 5.55. The minimum atomic E-state index is -0.715. The lowest BCUT2D eigenvalue weighted by Gasteiger charge is -2.25. The van der Waals surface area contributed by atoms with Crippen LogP contribution < -0.4 is 14.8 Å². The number of anilines is 1. The third kappa shape index (κ3) is 3.30. The number of nitrogens with one attached hydrogen (secondary N) is 1. The van der Waals surface area contributed by atoms with E-state index >= 15 is 0 Å². The molecule has 0 aliphatic carbocycles. The Bertz CT molecular complexity index is 879. The molecule has 4 rings (SSSR count). The number of carbonyl (C=O) groups excluding carboxylic acids is 1. The van der Waals surface area contributed by atoms with Crippen molar-refractivity contribution in [3.63, 3.8) is 0 Å². The van der Waals surface area contributed by atoms with Gasteiger partial charge in [-0.2, -0.15) is 5.10 Å². The van der Waals surface area contributed by atoms with E-state index in [9.17, 15) is 4.79 Å². The minimum absolute atomic E-state index is 0.164. The lowest BCUT2D eigenvalue weighted by atomic mass is 10.2. The first-order valence-corrected chi connectivity index (χ1v) is 7.91. The van der Waals surface area contributed by atoms with Gasteiger partial charge in [0.2, 0.25) is 6.10 Å². The number of hydrogen-bond acceptors (Lipinski definition) is 5. The Hall–Kier alpha value is -3.35. The number of ether oxygens (including phenoxy) is 2. The van der Waals surface area contributed by atoms with E-state index in [4.69, 9.17) is 9.47 Å². The molecule has 0 saturated carbocycles. The Labute approximate surface area is 144 Å². The molecule has 3 heterocycles.